The van der Waals surface area contributed by atoms with E-state index in [1.54, 1.807) is 19.9 Å². The fourth-order valence-electron chi connectivity index (χ4n) is 2.96. The van der Waals surface area contributed by atoms with Crippen molar-refractivity contribution in [1.29, 1.82) is 0 Å². The molecule has 0 radical (unpaired) electrons. The maximum absolute atomic E-state index is 12.6. The number of anilines is 1. The number of hydrogen-bond acceptors (Lipinski definition) is 5. The predicted molar refractivity (Wildman–Crippen MR) is 86.9 cm³/mol. The summed E-state index contributed by atoms with van der Waals surface area (Å²) in [5, 5.41) is 11.5. The van der Waals surface area contributed by atoms with Crippen LogP contribution in [-0.4, -0.2) is 44.9 Å². The first-order valence-corrected chi connectivity index (χ1v) is 9.46. The van der Waals surface area contributed by atoms with Crippen LogP contribution in [0, 0.1) is 0 Å². The molecule has 0 aromatic heterocycles. The number of hydrogen-bond donors (Lipinski definition) is 0. The Bertz CT molecular complexity index is 663. The molecule has 0 unspecified atom stereocenters. The fraction of sp³-hybridized carbons (Fsp3) is 0.562. The van der Waals surface area contributed by atoms with Crippen LogP contribution in [0.2, 0.25) is 0 Å². The smallest absolute Gasteiger partial charge is 0.243 e. The molecule has 0 amide bonds. The minimum atomic E-state index is -3.68. The van der Waals surface area contributed by atoms with E-state index in [2.05, 4.69) is 0 Å². The van der Waals surface area contributed by atoms with Gasteiger partial charge in [0.2, 0.25) is 10.0 Å². The number of sulfonamides is 1. The third-order valence-corrected chi connectivity index (χ3v) is 6.27. The molecule has 0 atom stereocenters. The molecule has 1 aromatic rings. The molecule has 6 nitrogen and oxygen atoms in total. The normalized spacial score (nSPS) is 15.9. The number of nitrogens with zero attached hydrogens (tertiary/aromatic N) is 2. The minimum absolute atomic E-state index is 0.00107. The summed E-state index contributed by atoms with van der Waals surface area (Å²) in [6.45, 7) is 5.75. The van der Waals surface area contributed by atoms with E-state index < -0.39 is 16.0 Å². The zero-order chi connectivity index (χ0) is 17.0. The van der Waals surface area contributed by atoms with Crippen molar-refractivity contribution in [2.75, 3.05) is 31.1 Å². The SMILES string of the molecule is CCN(CC)S(=O)(=O)c1ccc(N2CCCCC2)c(C(=O)[O-])c1. The predicted octanol–water partition coefficient (Wildman–Crippen LogP) is 1.07. The van der Waals surface area contributed by atoms with E-state index in [9.17, 15) is 18.3 Å². The van der Waals surface area contributed by atoms with E-state index in [1.165, 1.54) is 16.4 Å². The largest absolute Gasteiger partial charge is 0.545 e. The lowest BCUT2D eigenvalue weighted by Crippen LogP contribution is -2.34. The molecular formula is C16H23N2O4S-. The highest BCUT2D eigenvalue weighted by atomic mass is 32.2. The average Bonchev–Trinajstić information content (AvgIpc) is 2.56. The molecule has 1 aromatic carbocycles. The monoisotopic (exact) mass is 339 g/mol. The third kappa shape index (κ3) is 3.67. The Morgan fingerprint density at radius 1 is 1.17 bits per heavy atom. The summed E-state index contributed by atoms with van der Waals surface area (Å²) in [4.78, 5) is 13.5. The van der Waals surface area contributed by atoms with Gasteiger partial charge in [0.15, 0.2) is 0 Å². The first kappa shape index (κ1) is 17.7. The Morgan fingerprint density at radius 3 is 2.30 bits per heavy atom. The van der Waals surface area contributed by atoms with Crippen LogP contribution in [0.4, 0.5) is 5.69 Å². The summed E-state index contributed by atoms with van der Waals surface area (Å²) in [5.41, 5.74) is 0.489. The Balaban J connectivity index is 2.45. The summed E-state index contributed by atoms with van der Waals surface area (Å²) >= 11 is 0. The summed E-state index contributed by atoms with van der Waals surface area (Å²) in [6.07, 6.45) is 3.14. The second-order valence-corrected chi connectivity index (χ2v) is 7.54. The van der Waals surface area contributed by atoms with E-state index >= 15 is 0 Å². The number of benzene rings is 1. The molecule has 0 aliphatic carbocycles. The van der Waals surface area contributed by atoms with Gasteiger partial charge in [-0.2, -0.15) is 4.31 Å². The molecule has 1 aliphatic rings. The van der Waals surface area contributed by atoms with Crippen LogP contribution in [0.1, 0.15) is 43.5 Å². The second-order valence-electron chi connectivity index (χ2n) is 5.60. The van der Waals surface area contributed by atoms with Crippen molar-refractivity contribution in [2.24, 2.45) is 0 Å². The number of aromatic carboxylic acids is 1. The van der Waals surface area contributed by atoms with E-state index in [-0.39, 0.29) is 10.5 Å². The number of carboxylic acids is 1. The first-order chi connectivity index (χ1) is 10.9. The van der Waals surface area contributed by atoms with E-state index in [1.807, 2.05) is 4.90 Å². The molecule has 128 valence electrons. The summed E-state index contributed by atoms with van der Waals surface area (Å²) < 4.78 is 26.4. The van der Waals surface area contributed by atoms with E-state index in [0.29, 0.717) is 18.8 Å². The molecular weight excluding hydrogens is 316 g/mol. The van der Waals surface area contributed by atoms with Crippen molar-refractivity contribution < 1.29 is 18.3 Å². The molecule has 0 spiro atoms. The average molecular weight is 339 g/mol. The fourth-order valence-corrected chi connectivity index (χ4v) is 4.45. The molecule has 0 saturated carbocycles. The van der Waals surface area contributed by atoms with Crippen LogP contribution in [0.3, 0.4) is 0 Å². The highest BCUT2D eigenvalue weighted by molar-refractivity contribution is 7.89. The lowest BCUT2D eigenvalue weighted by atomic mass is 10.1. The molecule has 1 heterocycles. The minimum Gasteiger partial charge on any atom is -0.545 e. The number of rotatable bonds is 6. The third-order valence-electron chi connectivity index (χ3n) is 4.23. The zero-order valence-corrected chi connectivity index (χ0v) is 14.4. The quantitative estimate of drug-likeness (QED) is 0.774. The van der Waals surface area contributed by atoms with Crippen molar-refractivity contribution in [3.8, 4) is 0 Å². The highest BCUT2D eigenvalue weighted by Gasteiger charge is 2.24. The van der Waals surface area contributed by atoms with Crippen molar-refractivity contribution in [3.05, 3.63) is 23.8 Å². The zero-order valence-electron chi connectivity index (χ0n) is 13.6. The Morgan fingerprint density at radius 2 is 1.78 bits per heavy atom. The van der Waals surface area contributed by atoms with Gasteiger partial charge in [-0.1, -0.05) is 13.8 Å². The van der Waals surface area contributed by atoms with Crippen molar-refractivity contribution in [1.82, 2.24) is 4.31 Å². The van der Waals surface area contributed by atoms with Gasteiger partial charge in [-0.3, -0.25) is 0 Å². The van der Waals surface area contributed by atoms with Crippen LogP contribution in [0.25, 0.3) is 0 Å². The van der Waals surface area contributed by atoms with Gasteiger partial charge < -0.3 is 14.8 Å². The molecule has 0 N–H and O–H groups in total. The standard InChI is InChI=1S/C16H24N2O4S/c1-3-18(4-2)23(21,22)13-8-9-15(14(12-13)16(19)20)17-10-6-5-7-11-17/h8-9,12H,3-7,10-11H2,1-2H3,(H,19,20)/p-1. The second kappa shape index (κ2) is 7.31. The maximum atomic E-state index is 12.6. The first-order valence-electron chi connectivity index (χ1n) is 8.02. The lowest BCUT2D eigenvalue weighted by Gasteiger charge is -2.31. The van der Waals surface area contributed by atoms with Crippen LogP contribution in [-0.2, 0) is 10.0 Å². The Hall–Kier alpha value is -1.60. The number of carbonyl (C=O) groups excluding carboxylic acids is 1. The molecule has 1 aliphatic heterocycles. The van der Waals surface area contributed by atoms with Gasteiger partial charge in [-0.15, -0.1) is 0 Å². The van der Waals surface area contributed by atoms with Gasteiger partial charge in [0, 0.05) is 37.4 Å². The molecule has 0 bridgehead atoms. The lowest BCUT2D eigenvalue weighted by molar-refractivity contribution is -0.254. The Labute approximate surface area is 137 Å². The number of carboxylic acid groups (broad SMARTS) is 1. The van der Waals surface area contributed by atoms with Crippen molar-refractivity contribution in [3.63, 3.8) is 0 Å². The highest BCUT2D eigenvalue weighted by Crippen LogP contribution is 2.27. The topological polar surface area (TPSA) is 80.8 Å². The molecule has 23 heavy (non-hydrogen) atoms. The number of piperidine rings is 1. The molecule has 1 saturated heterocycles. The summed E-state index contributed by atoms with van der Waals surface area (Å²) in [5.74, 6) is -1.35. The molecule has 1 fully saturated rings. The van der Waals surface area contributed by atoms with E-state index in [0.717, 1.165) is 32.4 Å². The van der Waals surface area contributed by atoms with Gasteiger partial charge in [-0.25, -0.2) is 8.42 Å². The van der Waals surface area contributed by atoms with Crippen molar-refractivity contribution >= 4 is 21.7 Å². The maximum Gasteiger partial charge on any atom is 0.243 e. The number of carbonyl (C=O) groups is 1. The summed E-state index contributed by atoms with van der Waals surface area (Å²) in [7, 11) is -3.68. The van der Waals surface area contributed by atoms with Crippen molar-refractivity contribution in [2.45, 2.75) is 38.0 Å². The Kier molecular flexibility index (Phi) is 5.64. The van der Waals surface area contributed by atoms with Crippen LogP contribution in [0.15, 0.2) is 23.1 Å². The van der Waals surface area contributed by atoms with Crippen LogP contribution in [0.5, 0.6) is 0 Å². The van der Waals surface area contributed by atoms with Gasteiger partial charge in [-0.05, 0) is 37.5 Å². The van der Waals surface area contributed by atoms with Gasteiger partial charge in [0.05, 0.1) is 10.9 Å². The molecule has 2 rings (SSSR count). The van der Waals surface area contributed by atoms with Gasteiger partial charge >= 0.3 is 0 Å². The van der Waals surface area contributed by atoms with Gasteiger partial charge in [0.25, 0.3) is 0 Å². The van der Waals surface area contributed by atoms with E-state index in [4.69, 9.17) is 0 Å². The van der Waals surface area contributed by atoms with Gasteiger partial charge in [0.1, 0.15) is 0 Å². The summed E-state index contributed by atoms with van der Waals surface area (Å²) in [6, 6.07) is 4.31. The molecule has 7 heteroatoms. The van der Waals surface area contributed by atoms with Crippen LogP contribution < -0.4 is 10.0 Å². The van der Waals surface area contributed by atoms with Crippen LogP contribution >= 0.6 is 0 Å².